The van der Waals surface area contributed by atoms with Crippen LogP contribution < -0.4 is 10.6 Å². The molecule has 0 unspecified atom stereocenters. The SMILES string of the molecule is O=C(NCCC1=CCCCC1)c1cccc(C(=O)NCc2ccccc2Cl)n1. The molecule has 5 nitrogen and oxygen atoms in total. The molecular formula is C22H24ClN3O2. The summed E-state index contributed by atoms with van der Waals surface area (Å²) in [4.78, 5) is 28.9. The summed E-state index contributed by atoms with van der Waals surface area (Å²) in [5.74, 6) is -0.612. The number of aromatic nitrogens is 1. The van der Waals surface area contributed by atoms with Gasteiger partial charge < -0.3 is 10.6 Å². The molecule has 0 saturated carbocycles. The fourth-order valence-corrected chi connectivity index (χ4v) is 3.36. The van der Waals surface area contributed by atoms with Crippen molar-refractivity contribution in [2.75, 3.05) is 6.54 Å². The molecule has 1 aliphatic rings. The van der Waals surface area contributed by atoms with Crippen LogP contribution in [0, 0.1) is 0 Å². The number of rotatable bonds is 7. The van der Waals surface area contributed by atoms with Crippen LogP contribution in [0.25, 0.3) is 0 Å². The van der Waals surface area contributed by atoms with E-state index in [9.17, 15) is 9.59 Å². The number of allylic oxidation sites excluding steroid dienone is 1. The van der Waals surface area contributed by atoms with Gasteiger partial charge in [0.15, 0.2) is 0 Å². The number of hydrogen-bond acceptors (Lipinski definition) is 3. The summed E-state index contributed by atoms with van der Waals surface area (Å²) < 4.78 is 0. The molecule has 1 aliphatic carbocycles. The van der Waals surface area contributed by atoms with Gasteiger partial charge in [0.05, 0.1) is 0 Å². The summed E-state index contributed by atoms with van der Waals surface area (Å²) in [6.07, 6.45) is 7.88. The van der Waals surface area contributed by atoms with E-state index in [0.29, 0.717) is 18.1 Å². The van der Waals surface area contributed by atoms with Gasteiger partial charge in [-0.2, -0.15) is 0 Å². The van der Waals surface area contributed by atoms with Crippen LogP contribution in [0.2, 0.25) is 5.02 Å². The van der Waals surface area contributed by atoms with Gasteiger partial charge in [-0.1, -0.05) is 47.5 Å². The molecule has 0 spiro atoms. The van der Waals surface area contributed by atoms with Crippen LogP contribution >= 0.6 is 11.6 Å². The lowest BCUT2D eigenvalue weighted by atomic mass is 9.97. The first kappa shape index (κ1) is 20.1. The maximum atomic E-state index is 12.4. The molecule has 0 aliphatic heterocycles. The maximum Gasteiger partial charge on any atom is 0.270 e. The second-order valence-electron chi connectivity index (χ2n) is 6.80. The van der Waals surface area contributed by atoms with Gasteiger partial charge in [-0.15, -0.1) is 0 Å². The number of nitrogens with zero attached hydrogens (tertiary/aromatic N) is 1. The van der Waals surface area contributed by atoms with Crippen molar-refractivity contribution in [3.63, 3.8) is 0 Å². The van der Waals surface area contributed by atoms with Crippen molar-refractivity contribution in [2.45, 2.75) is 38.6 Å². The second-order valence-corrected chi connectivity index (χ2v) is 7.20. The number of benzene rings is 1. The number of halogens is 1. The maximum absolute atomic E-state index is 12.4. The van der Waals surface area contributed by atoms with Gasteiger partial charge in [0, 0.05) is 18.1 Å². The molecular weight excluding hydrogens is 374 g/mol. The van der Waals surface area contributed by atoms with E-state index in [4.69, 9.17) is 11.6 Å². The Morgan fingerprint density at radius 3 is 2.43 bits per heavy atom. The van der Waals surface area contributed by atoms with Crippen molar-refractivity contribution >= 4 is 23.4 Å². The standard InChI is InChI=1S/C22H24ClN3O2/c23-18-10-5-4-9-17(18)15-25-22(28)20-12-6-11-19(26-20)21(27)24-14-13-16-7-2-1-3-8-16/h4-7,9-12H,1-3,8,13-15H2,(H,24,27)(H,25,28). The Morgan fingerprint density at radius 1 is 0.964 bits per heavy atom. The largest absolute Gasteiger partial charge is 0.350 e. The third kappa shape index (κ3) is 5.67. The van der Waals surface area contributed by atoms with Gasteiger partial charge in [0.2, 0.25) is 0 Å². The summed E-state index contributed by atoms with van der Waals surface area (Å²) in [5, 5.41) is 6.26. The van der Waals surface area contributed by atoms with Crippen LogP contribution in [-0.2, 0) is 6.54 Å². The molecule has 0 saturated heterocycles. The van der Waals surface area contributed by atoms with E-state index in [1.165, 1.54) is 18.4 Å². The van der Waals surface area contributed by atoms with Crippen molar-refractivity contribution in [1.29, 1.82) is 0 Å². The fourth-order valence-electron chi connectivity index (χ4n) is 3.15. The van der Waals surface area contributed by atoms with E-state index in [1.807, 2.05) is 18.2 Å². The van der Waals surface area contributed by atoms with E-state index in [-0.39, 0.29) is 23.2 Å². The van der Waals surface area contributed by atoms with E-state index in [1.54, 1.807) is 24.3 Å². The summed E-state index contributed by atoms with van der Waals surface area (Å²) in [7, 11) is 0. The summed E-state index contributed by atoms with van der Waals surface area (Å²) in [6, 6.07) is 12.2. The van der Waals surface area contributed by atoms with Crippen molar-refractivity contribution in [1.82, 2.24) is 15.6 Å². The van der Waals surface area contributed by atoms with Crippen LogP contribution in [0.4, 0.5) is 0 Å². The molecule has 0 fully saturated rings. The van der Waals surface area contributed by atoms with Gasteiger partial charge in [0.25, 0.3) is 11.8 Å². The Morgan fingerprint density at radius 2 is 1.71 bits per heavy atom. The Labute approximate surface area is 170 Å². The van der Waals surface area contributed by atoms with Crippen molar-refractivity contribution in [3.05, 3.63) is 76.1 Å². The van der Waals surface area contributed by atoms with Crippen LogP contribution in [-0.4, -0.2) is 23.3 Å². The predicted molar refractivity (Wildman–Crippen MR) is 110 cm³/mol. The lowest BCUT2D eigenvalue weighted by molar-refractivity contribution is 0.0943. The molecule has 0 atom stereocenters. The minimum absolute atomic E-state index is 0.203. The summed E-state index contributed by atoms with van der Waals surface area (Å²) in [6.45, 7) is 0.876. The Balaban J connectivity index is 1.53. The van der Waals surface area contributed by atoms with Crippen molar-refractivity contribution in [2.24, 2.45) is 0 Å². The number of pyridine rings is 1. The van der Waals surface area contributed by atoms with E-state index < -0.39 is 0 Å². The second kappa shape index (κ2) is 10.0. The highest BCUT2D eigenvalue weighted by atomic mass is 35.5. The zero-order valence-corrected chi connectivity index (χ0v) is 16.5. The Kier molecular flexibility index (Phi) is 7.20. The van der Waals surface area contributed by atoms with Crippen molar-refractivity contribution < 1.29 is 9.59 Å². The van der Waals surface area contributed by atoms with Crippen LogP contribution in [0.15, 0.2) is 54.1 Å². The van der Waals surface area contributed by atoms with E-state index in [2.05, 4.69) is 21.7 Å². The Bertz CT molecular complexity index is 880. The molecule has 1 aromatic carbocycles. The average Bonchev–Trinajstić information content (AvgIpc) is 2.74. The topological polar surface area (TPSA) is 71.1 Å². The van der Waals surface area contributed by atoms with Gasteiger partial charge in [-0.3, -0.25) is 9.59 Å². The highest BCUT2D eigenvalue weighted by molar-refractivity contribution is 6.31. The first-order chi connectivity index (χ1) is 13.6. The third-order valence-electron chi connectivity index (χ3n) is 4.73. The first-order valence-corrected chi connectivity index (χ1v) is 9.96. The number of nitrogens with one attached hydrogen (secondary N) is 2. The quantitative estimate of drug-likeness (QED) is 0.685. The molecule has 6 heteroatoms. The Hall–Kier alpha value is -2.66. The zero-order valence-electron chi connectivity index (χ0n) is 15.7. The number of hydrogen-bond donors (Lipinski definition) is 2. The molecule has 0 radical (unpaired) electrons. The minimum Gasteiger partial charge on any atom is -0.350 e. The van der Waals surface area contributed by atoms with Crippen LogP contribution in [0.3, 0.4) is 0 Å². The third-order valence-corrected chi connectivity index (χ3v) is 5.10. The lowest BCUT2D eigenvalue weighted by Crippen LogP contribution is -2.28. The molecule has 2 amide bonds. The number of carbonyl (C=O) groups excluding carboxylic acids is 2. The molecule has 2 N–H and O–H groups in total. The molecule has 28 heavy (non-hydrogen) atoms. The number of amides is 2. The molecule has 0 bridgehead atoms. The molecule has 3 rings (SSSR count). The first-order valence-electron chi connectivity index (χ1n) is 9.58. The normalized spacial score (nSPS) is 13.5. The lowest BCUT2D eigenvalue weighted by Gasteiger charge is -2.13. The van der Waals surface area contributed by atoms with Crippen LogP contribution in [0.1, 0.15) is 58.6 Å². The van der Waals surface area contributed by atoms with Gasteiger partial charge in [-0.25, -0.2) is 4.98 Å². The van der Waals surface area contributed by atoms with Crippen LogP contribution in [0.5, 0.6) is 0 Å². The van der Waals surface area contributed by atoms with Crippen molar-refractivity contribution in [3.8, 4) is 0 Å². The smallest absolute Gasteiger partial charge is 0.270 e. The summed E-state index contributed by atoms with van der Waals surface area (Å²) in [5.41, 5.74) is 2.67. The highest BCUT2D eigenvalue weighted by Crippen LogP contribution is 2.19. The van der Waals surface area contributed by atoms with Gasteiger partial charge in [0.1, 0.15) is 11.4 Å². The number of carbonyl (C=O) groups is 2. The summed E-state index contributed by atoms with van der Waals surface area (Å²) >= 11 is 6.10. The average molecular weight is 398 g/mol. The predicted octanol–water partition coefficient (Wildman–Crippen LogP) is 4.29. The van der Waals surface area contributed by atoms with E-state index in [0.717, 1.165) is 24.8 Å². The fraction of sp³-hybridized carbons (Fsp3) is 0.318. The zero-order chi connectivity index (χ0) is 19.8. The monoisotopic (exact) mass is 397 g/mol. The van der Waals surface area contributed by atoms with Gasteiger partial charge in [-0.05, 0) is 55.9 Å². The minimum atomic E-state index is -0.345. The molecule has 1 aromatic heterocycles. The molecule has 2 aromatic rings. The van der Waals surface area contributed by atoms with Gasteiger partial charge >= 0.3 is 0 Å². The molecule has 146 valence electrons. The highest BCUT2D eigenvalue weighted by Gasteiger charge is 2.13. The van der Waals surface area contributed by atoms with E-state index >= 15 is 0 Å². The molecule has 1 heterocycles.